The van der Waals surface area contributed by atoms with Gasteiger partial charge in [-0.2, -0.15) is 0 Å². The molecular formula is C20H21N3O4S. The molecule has 0 saturated carbocycles. The summed E-state index contributed by atoms with van der Waals surface area (Å²) in [5.74, 6) is 0.266. The smallest absolute Gasteiger partial charge is 0.269 e. The summed E-state index contributed by atoms with van der Waals surface area (Å²) in [5, 5.41) is 0.401. The van der Waals surface area contributed by atoms with E-state index in [-0.39, 0.29) is 11.7 Å². The zero-order chi connectivity index (χ0) is 19.9. The van der Waals surface area contributed by atoms with Crippen LogP contribution >= 0.6 is 11.8 Å². The van der Waals surface area contributed by atoms with Crippen LogP contribution in [0.1, 0.15) is 24.2 Å². The van der Waals surface area contributed by atoms with E-state index in [1.165, 1.54) is 0 Å². The van der Waals surface area contributed by atoms with E-state index >= 15 is 0 Å². The first kappa shape index (κ1) is 19.8. The molecule has 1 heterocycles. The zero-order valence-electron chi connectivity index (χ0n) is 15.6. The standard InChI is InChI=1S/C20H21N3O4S/c1-13(2)11-26-15-7-5-6-14(10-15)19(25)23-22-18(24)12-28-20-21-16-8-3-4-9-17(16)27-20/h3-10,13H,11-12H2,1-2H3,(H,22,24)(H,23,25). The second-order valence-electron chi connectivity index (χ2n) is 6.47. The van der Waals surface area contributed by atoms with Gasteiger partial charge in [-0.1, -0.05) is 43.8 Å². The van der Waals surface area contributed by atoms with E-state index in [1.807, 2.05) is 38.1 Å². The maximum Gasteiger partial charge on any atom is 0.269 e. The topological polar surface area (TPSA) is 93.5 Å². The van der Waals surface area contributed by atoms with Crippen LogP contribution in [0.4, 0.5) is 0 Å². The average Bonchev–Trinajstić information content (AvgIpc) is 3.12. The van der Waals surface area contributed by atoms with E-state index in [0.717, 1.165) is 17.3 Å². The molecule has 0 aliphatic heterocycles. The van der Waals surface area contributed by atoms with Gasteiger partial charge in [0.2, 0.25) is 5.91 Å². The van der Waals surface area contributed by atoms with Crippen molar-refractivity contribution in [1.82, 2.24) is 15.8 Å². The summed E-state index contributed by atoms with van der Waals surface area (Å²) >= 11 is 1.15. The van der Waals surface area contributed by atoms with Crippen LogP contribution in [0.15, 0.2) is 58.2 Å². The number of benzene rings is 2. The first-order chi connectivity index (χ1) is 13.5. The Labute approximate surface area is 166 Å². The molecule has 3 rings (SSSR count). The molecule has 0 bridgehead atoms. The highest BCUT2D eigenvalue weighted by Crippen LogP contribution is 2.22. The molecule has 0 spiro atoms. The van der Waals surface area contributed by atoms with Crippen molar-refractivity contribution in [2.75, 3.05) is 12.4 Å². The second kappa shape index (κ2) is 9.27. The molecular weight excluding hydrogens is 378 g/mol. The van der Waals surface area contributed by atoms with Gasteiger partial charge < -0.3 is 9.15 Å². The van der Waals surface area contributed by atoms with Crippen LogP contribution in [-0.2, 0) is 4.79 Å². The Morgan fingerprint density at radius 2 is 1.96 bits per heavy atom. The summed E-state index contributed by atoms with van der Waals surface area (Å²) < 4.78 is 11.1. The number of ether oxygens (including phenoxy) is 1. The fraction of sp³-hybridized carbons (Fsp3) is 0.250. The van der Waals surface area contributed by atoms with Crippen molar-refractivity contribution in [3.8, 4) is 5.75 Å². The summed E-state index contributed by atoms with van der Waals surface area (Å²) in [6.45, 7) is 4.66. The van der Waals surface area contributed by atoms with Crippen LogP contribution in [0.2, 0.25) is 0 Å². The number of hydrogen-bond donors (Lipinski definition) is 2. The summed E-state index contributed by atoms with van der Waals surface area (Å²) in [4.78, 5) is 28.5. The van der Waals surface area contributed by atoms with Gasteiger partial charge in [0.25, 0.3) is 11.1 Å². The Bertz CT molecular complexity index is 938. The van der Waals surface area contributed by atoms with Gasteiger partial charge in [-0.3, -0.25) is 20.4 Å². The van der Waals surface area contributed by atoms with Crippen molar-refractivity contribution in [1.29, 1.82) is 0 Å². The van der Waals surface area contributed by atoms with Crippen LogP contribution in [-0.4, -0.2) is 29.2 Å². The largest absolute Gasteiger partial charge is 0.493 e. The lowest BCUT2D eigenvalue weighted by molar-refractivity contribution is -0.119. The van der Waals surface area contributed by atoms with Crippen molar-refractivity contribution in [3.63, 3.8) is 0 Å². The predicted octanol–water partition coefficient (Wildman–Crippen LogP) is 3.42. The Morgan fingerprint density at radius 3 is 2.75 bits per heavy atom. The molecule has 146 valence electrons. The number of amides is 2. The number of thioether (sulfide) groups is 1. The maximum atomic E-state index is 12.2. The minimum atomic E-state index is -0.421. The monoisotopic (exact) mass is 399 g/mol. The minimum absolute atomic E-state index is 0.0602. The Balaban J connectivity index is 1.47. The van der Waals surface area contributed by atoms with E-state index in [0.29, 0.717) is 34.6 Å². The number of oxazole rings is 1. The molecule has 0 atom stereocenters. The van der Waals surface area contributed by atoms with Crippen molar-refractivity contribution in [3.05, 3.63) is 54.1 Å². The Morgan fingerprint density at radius 1 is 1.14 bits per heavy atom. The van der Waals surface area contributed by atoms with Crippen molar-refractivity contribution in [2.45, 2.75) is 19.1 Å². The maximum absolute atomic E-state index is 12.2. The van der Waals surface area contributed by atoms with Gasteiger partial charge in [-0.25, -0.2) is 4.98 Å². The second-order valence-corrected chi connectivity index (χ2v) is 7.40. The summed E-state index contributed by atoms with van der Waals surface area (Å²) in [5.41, 5.74) is 6.58. The molecule has 0 saturated heterocycles. The Hall–Kier alpha value is -3.00. The molecule has 0 unspecified atom stereocenters. The fourth-order valence-corrected chi connectivity index (χ4v) is 2.90. The van der Waals surface area contributed by atoms with E-state index < -0.39 is 5.91 Å². The highest BCUT2D eigenvalue weighted by molar-refractivity contribution is 7.99. The molecule has 7 nitrogen and oxygen atoms in total. The molecule has 1 aromatic heterocycles. The molecule has 8 heteroatoms. The number of para-hydroxylation sites is 2. The molecule has 0 fully saturated rings. The number of nitrogens with one attached hydrogen (secondary N) is 2. The minimum Gasteiger partial charge on any atom is -0.493 e. The van der Waals surface area contributed by atoms with Crippen LogP contribution in [0.3, 0.4) is 0 Å². The highest BCUT2D eigenvalue weighted by Gasteiger charge is 2.11. The van der Waals surface area contributed by atoms with Crippen LogP contribution in [0.25, 0.3) is 11.1 Å². The van der Waals surface area contributed by atoms with Crippen molar-refractivity contribution in [2.24, 2.45) is 5.92 Å². The number of carbonyl (C=O) groups is 2. The third-order valence-corrected chi connectivity index (χ3v) is 4.42. The lowest BCUT2D eigenvalue weighted by Crippen LogP contribution is -2.42. The van der Waals surface area contributed by atoms with Gasteiger partial charge >= 0.3 is 0 Å². The number of aromatic nitrogens is 1. The van der Waals surface area contributed by atoms with Crippen molar-refractivity contribution < 1.29 is 18.7 Å². The number of fused-ring (bicyclic) bond motifs is 1. The molecule has 0 aliphatic rings. The number of nitrogens with zero attached hydrogens (tertiary/aromatic N) is 1. The van der Waals surface area contributed by atoms with Gasteiger partial charge in [-0.15, -0.1) is 0 Å². The molecule has 2 aromatic carbocycles. The van der Waals surface area contributed by atoms with E-state index in [1.54, 1.807) is 24.3 Å². The number of hydrazine groups is 1. The third-order valence-electron chi connectivity index (χ3n) is 3.60. The van der Waals surface area contributed by atoms with Crippen LogP contribution in [0, 0.1) is 5.92 Å². The molecule has 2 amide bonds. The van der Waals surface area contributed by atoms with E-state index in [4.69, 9.17) is 9.15 Å². The number of carbonyl (C=O) groups excluding carboxylic acids is 2. The van der Waals surface area contributed by atoms with Gasteiger partial charge in [0.05, 0.1) is 12.4 Å². The normalized spacial score (nSPS) is 10.8. The zero-order valence-corrected chi connectivity index (χ0v) is 16.4. The van der Waals surface area contributed by atoms with Gasteiger partial charge in [-0.05, 0) is 36.2 Å². The average molecular weight is 399 g/mol. The van der Waals surface area contributed by atoms with Crippen LogP contribution in [0.5, 0.6) is 5.75 Å². The SMILES string of the molecule is CC(C)COc1cccc(C(=O)NNC(=O)CSc2nc3ccccc3o2)c1. The summed E-state index contributed by atoms with van der Waals surface area (Å²) in [6.07, 6.45) is 0. The number of rotatable bonds is 7. The van der Waals surface area contributed by atoms with E-state index in [9.17, 15) is 9.59 Å². The van der Waals surface area contributed by atoms with Crippen LogP contribution < -0.4 is 15.6 Å². The molecule has 2 N–H and O–H groups in total. The summed E-state index contributed by atoms with van der Waals surface area (Å²) in [7, 11) is 0. The lowest BCUT2D eigenvalue weighted by atomic mass is 10.2. The summed E-state index contributed by atoms with van der Waals surface area (Å²) in [6, 6.07) is 14.2. The van der Waals surface area contributed by atoms with Gasteiger partial charge in [0, 0.05) is 5.56 Å². The molecule has 0 radical (unpaired) electrons. The first-order valence-corrected chi connectivity index (χ1v) is 9.80. The third kappa shape index (κ3) is 5.50. The van der Waals surface area contributed by atoms with Gasteiger partial charge in [0.15, 0.2) is 5.58 Å². The first-order valence-electron chi connectivity index (χ1n) is 8.81. The molecule has 28 heavy (non-hydrogen) atoms. The molecule has 0 aliphatic carbocycles. The van der Waals surface area contributed by atoms with E-state index in [2.05, 4.69) is 15.8 Å². The highest BCUT2D eigenvalue weighted by atomic mass is 32.2. The quantitative estimate of drug-likeness (QED) is 0.467. The Kier molecular flexibility index (Phi) is 6.54. The van der Waals surface area contributed by atoms with Crippen molar-refractivity contribution >= 4 is 34.7 Å². The predicted molar refractivity (Wildman–Crippen MR) is 107 cm³/mol. The molecule has 3 aromatic rings. The number of hydrogen-bond acceptors (Lipinski definition) is 6. The van der Waals surface area contributed by atoms with Gasteiger partial charge in [0.1, 0.15) is 11.3 Å². The fourth-order valence-electron chi connectivity index (χ4n) is 2.26. The lowest BCUT2D eigenvalue weighted by Gasteiger charge is -2.10.